The molecule has 4 N–H and O–H groups in total. The van der Waals surface area contributed by atoms with Crippen LogP contribution >= 0.6 is 11.6 Å². The highest BCUT2D eigenvalue weighted by molar-refractivity contribution is 6.30. The van der Waals surface area contributed by atoms with E-state index in [-0.39, 0.29) is 24.3 Å². The van der Waals surface area contributed by atoms with Gasteiger partial charge in [-0.25, -0.2) is 0 Å². The van der Waals surface area contributed by atoms with Gasteiger partial charge in [-0.3, -0.25) is 14.4 Å². The monoisotopic (exact) mass is 658 g/mol. The molecule has 3 amide bonds. The standard InChI is InChI=1S/C36H43ClN6O4/c37-29-12-10-26(11-13-29)22-32(40-33(45)31-23-27-6-4-5-7-28(27)24-39-31)34(46)41-18-14-36(15-19-41)35(47)42(20-16-38-17-21-44)25-43(36)30-8-2-1-3-9-30/h1-13,31-32,38-39,44H,14-25H2,(H,40,45)/t31-,32-/m1/s1. The zero-order chi connectivity index (χ0) is 32.8. The third-order valence-corrected chi connectivity index (χ3v) is 9.95. The fraction of sp³-hybridized carbons (Fsp3) is 0.417. The van der Waals surface area contributed by atoms with Crippen molar-refractivity contribution in [3.63, 3.8) is 0 Å². The molecule has 3 aliphatic rings. The molecule has 2 atom stereocenters. The summed E-state index contributed by atoms with van der Waals surface area (Å²) in [6, 6.07) is 24.2. The van der Waals surface area contributed by atoms with Gasteiger partial charge in [-0.05, 0) is 60.2 Å². The van der Waals surface area contributed by atoms with Crippen LogP contribution in [0.25, 0.3) is 0 Å². The third-order valence-electron chi connectivity index (χ3n) is 9.70. The number of para-hydroxylation sites is 1. The van der Waals surface area contributed by atoms with E-state index in [0.717, 1.165) is 16.8 Å². The predicted molar refractivity (Wildman–Crippen MR) is 182 cm³/mol. The largest absolute Gasteiger partial charge is 0.395 e. The van der Waals surface area contributed by atoms with Crippen LogP contribution in [0.3, 0.4) is 0 Å². The van der Waals surface area contributed by atoms with Crippen LogP contribution in [0, 0.1) is 0 Å². The molecule has 11 heteroatoms. The lowest BCUT2D eigenvalue weighted by Crippen LogP contribution is -2.60. The summed E-state index contributed by atoms with van der Waals surface area (Å²) >= 11 is 6.14. The highest BCUT2D eigenvalue weighted by atomic mass is 35.5. The number of nitrogens with zero attached hydrogens (tertiary/aromatic N) is 3. The number of nitrogens with one attached hydrogen (secondary N) is 3. The number of piperidine rings is 1. The van der Waals surface area contributed by atoms with Crippen molar-refractivity contribution >= 4 is 35.0 Å². The maximum Gasteiger partial charge on any atom is 0.250 e. The number of carbonyl (C=O) groups excluding carboxylic acids is 3. The van der Waals surface area contributed by atoms with E-state index in [9.17, 15) is 14.4 Å². The van der Waals surface area contributed by atoms with Gasteiger partial charge in [-0.1, -0.05) is 66.2 Å². The van der Waals surface area contributed by atoms with Crippen molar-refractivity contribution in [1.82, 2.24) is 25.8 Å². The van der Waals surface area contributed by atoms with Crippen molar-refractivity contribution in [2.45, 2.75) is 49.9 Å². The van der Waals surface area contributed by atoms with Crippen molar-refractivity contribution in [3.05, 3.63) is 101 Å². The Balaban J connectivity index is 1.17. The van der Waals surface area contributed by atoms with Crippen molar-refractivity contribution in [3.8, 4) is 0 Å². The molecule has 2 saturated heterocycles. The zero-order valence-corrected chi connectivity index (χ0v) is 27.3. The Bertz CT molecular complexity index is 1550. The molecule has 0 bridgehead atoms. The molecule has 3 aromatic carbocycles. The van der Waals surface area contributed by atoms with Crippen LogP contribution in [-0.2, 0) is 33.8 Å². The number of anilines is 1. The highest BCUT2D eigenvalue weighted by Gasteiger charge is 2.54. The van der Waals surface area contributed by atoms with Gasteiger partial charge >= 0.3 is 0 Å². The first-order valence-corrected chi connectivity index (χ1v) is 16.8. The second-order valence-corrected chi connectivity index (χ2v) is 13.0. The van der Waals surface area contributed by atoms with Gasteiger partial charge in [0, 0.05) is 56.4 Å². The van der Waals surface area contributed by atoms with Gasteiger partial charge in [-0.2, -0.15) is 0 Å². The van der Waals surface area contributed by atoms with Crippen LogP contribution < -0.4 is 20.9 Å². The summed E-state index contributed by atoms with van der Waals surface area (Å²) < 4.78 is 0. The van der Waals surface area contributed by atoms with Gasteiger partial charge in [-0.15, -0.1) is 0 Å². The Morgan fingerprint density at radius 2 is 1.66 bits per heavy atom. The molecule has 1 spiro atoms. The molecule has 248 valence electrons. The summed E-state index contributed by atoms with van der Waals surface area (Å²) in [6.07, 6.45) is 1.85. The van der Waals surface area contributed by atoms with Gasteiger partial charge in [0.25, 0.3) is 0 Å². The fourth-order valence-electron chi connectivity index (χ4n) is 7.08. The van der Waals surface area contributed by atoms with E-state index in [1.165, 1.54) is 5.56 Å². The average Bonchev–Trinajstić information content (AvgIpc) is 3.37. The Labute approximate surface area is 281 Å². The lowest BCUT2D eigenvalue weighted by atomic mass is 9.85. The summed E-state index contributed by atoms with van der Waals surface area (Å²) in [4.78, 5) is 47.7. The fourth-order valence-corrected chi connectivity index (χ4v) is 7.20. The summed E-state index contributed by atoms with van der Waals surface area (Å²) in [5, 5.41) is 19.3. The minimum atomic E-state index is -0.768. The van der Waals surface area contributed by atoms with Gasteiger partial charge in [0.1, 0.15) is 11.6 Å². The van der Waals surface area contributed by atoms with Crippen LogP contribution in [0.5, 0.6) is 0 Å². The Hall–Kier alpha value is -3.96. The van der Waals surface area contributed by atoms with Crippen molar-refractivity contribution in [1.29, 1.82) is 0 Å². The van der Waals surface area contributed by atoms with Gasteiger partial charge in [0.05, 0.1) is 19.3 Å². The number of benzene rings is 3. The second-order valence-electron chi connectivity index (χ2n) is 12.6. The number of likely N-dealkylation sites (tertiary alicyclic amines) is 1. The van der Waals surface area contributed by atoms with E-state index in [1.54, 1.807) is 17.0 Å². The van der Waals surface area contributed by atoms with E-state index in [4.69, 9.17) is 16.7 Å². The number of hydrogen-bond donors (Lipinski definition) is 4. The van der Waals surface area contributed by atoms with E-state index in [2.05, 4.69) is 26.9 Å². The number of aliphatic hydroxyl groups excluding tert-OH is 1. The molecule has 2 fully saturated rings. The number of hydrogen-bond acceptors (Lipinski definition) is 7. The predicted octanol–water partition coefficient (Wildman–Crippen LogP) is 2.33. The first-order chi connectivity index (χ1) is 22.9. The molecule has 3 aliphatic heterocycles. The molecule has 0 aliphatic carbocycles. The molecule has 3 heterocycles. The van der Waals surface area contributed by atoms with E-state index >= 15 is 0 Å². The molecule has 0 aromatic heterocycles. The smallest absolute Gasteiger partial charge is 0.250 e. The molecule has 6 rings (SSSR count). The molecule has 0 unspecified atom stereocenters. The van der Waals surface area contributed by atoms with Crippen LogP contribution in [-0.4, -0.2) is 96.2 Å². The summed E-state index contributed by atoms with van der Waals surface area (Å²) in [7, 11) is 0. The molecule has 47 heavy (non-hydrogen) atoms. The number of carbonyl (C=O) groups is 3. The highest BCUT2D eigenvalue weighted by Crippen LogP contribution is 2.39. The average molecular weight is 659 g/mol. The Morgan fingerprint density at radius 3 is 2.38 bits per heavy atom. The van der Waals surface area contributed by atoms with Gasteiger partial charge in [0.15, 0.2) is 0 Å². The minimum absolute atomic E-state index is 0.0441. The normalized spacial score (nSPS) is 19.5. The van der Waals surface area contributed by atoms with Crippen LogP contribution in [0.1, 0.15) is 29.5 Å². The van der Waals surface area contributed by atoms with E-state index < -0.39 is 17.6 Å². The minimum Gasteiger partial charge on any atom is -0.395 e. The maximum absolute atomic E-state index is 14.2. The van der Waals surface area contributed by atoms with Crippen molar-refractivity contribution in [2.75, 3.05) is 50.9 Å². The second kappa shape index (κ2) is 14.9. The third kappa shape index (κ3) is 7.31. The lowest BCUT2D eigenvalue weighted by Gasteiger charge is -2.44. The van der Waals surface area contributed by atoms with Crippen molar-refractivity contribution in [2.24, 2.45) is 0 Å². The van der Waals surface area contributed by atoms with Gasteiger partial charge < -0.3 is 35.8 Å². The Kier molecular flexibility index (Phi) is 10.4. The first-order valence-electron chi connectivity index (χ1n) is 16.5. The van der Waals surface area contributed by atoms with Gasteiger partial charge in [0.2, 0.25) is 17.7 Å². The molecular weight excluding hydrogens is 616 g/mol. The molecule has 3 aromatic rings. The number of amides is 3. The van der Waals surface area contributed by atoms with Crippen LogP contribution in [0.4, 0.5) is 5.69 Å². The van der Waals surface area contributed by atoms with Crippen molar-refractivity contribution < 1.29 is 19.5 Å². The SMILES string of the molecule is O=C(N[C@H](Cc1ccc(Cl)cc1)C(=O)N1CCC2(CC1)C(=O)N(CCNCCO)CN2c1ccccc1)[C@H]1Cc2ccccc2CN1. The number of aliphatic hydroxyl groups is 1. The number of rotatable bonds is 11. The Morgan fingerprint density at radius 1 is 0.957 bits per heavy atom. The quantitative estimate of drug-likeness (QED) is 0.234. The molecule has 10 nitrogen and oxygen atoms in total. The van der Waals surface area contributed by atoms with Crippen LogP contribution in [0.2, 0.25) is 5.02 Å². The lowest BCUT2D eigenvalue weighted by molar-refractivity contribution is -0.141. The zero-order valence-electron chi connectivity index (χ0n) is 26.5. The first kappa shape index (κ1) is 33.0. The summed E-state index contributed by atoms with van der Waals surface area (Å²) in [5.41, 5.74) is 3.43. The van der Waals surface area contributed by atoms with E-state index in [1.807, 2.05) is 65.6 Å². The summed E-state index contributed by atoms with van der Waals surface area (Å²) in [5.74, 6) is -0.290. The topological polar surface area (TPSA) is 117 Å². The number of fused-ring (bicyclic) bond motifs is 1. The number of halogens is 1. The summed E-state index contributed by atoms with van der Waals surface area (Å²) in [6.45, 7) is 3.49. The molecular formula is C36H43ClN6O4. The maximum atomic E-state index is 14.2. The molecule has 0 saturated carbocycles. The van der Waals surface area contributed by atoms with E-state index in [0.29, 0.717) is 76.6 Å². The van der Waals surface area contributed by atoms with Crippen LogP contribution in [0.15, 0.2) is 78.9 Å². The molecule has 0 radical (unpaired) electrons.